The number of hydrogen-bond donors (Lipinski definition) is 1. The number of methoxy groups -OCH3 is 1. The third-order valence-electron chi connectivity index (χ3n) is 4.38. The highest BCUT2D eigenvalue weighted by molar-refractivity contribution is 7.92. The van der Waals surface area contributed by atoms with Crippen molar-refractivity contribution in [2.75, 3.05) is 23.3 Å². The van der Waals surface area contributed by atoms with E-state index in [-0.39, 0.29) is 10.8 Å². The van der Waals surface area contributed by atoms with Crippen LogP contribution in [0.15, 0.2) is 47.4 Å². The van der Waals surface area contributed by atoms with Gasteiger partial charge in [-0.15, -0.1) is 0 Å². The number of sulfonamides is 1. The van der Waals surface area contributed by atoms with Gasteiger partial charge in [0.1, 0.15) is 5.75 Å². The monoisotopic (exact) mass is 374 g/mol. The first-order valence-electron chi connectivity index (χ1n) is 8.48. The Kier molecular flexibility index (Phi) is 5.18. The minimum absolute atomic E-state index is 0.0579. The third-order valence-corrected chi connectivity index (χ3v) is 5.77. The highest BCUT2D eigenvalue weighted by Gasteiger charge is 2.23. The van der Waals surface area contributed by atoms with Crippen molar-refractivity contribution in [2.24, 2.45) is 0 Å². The summed E-state index contributed by atoms with van der Waals surface area (Å²) in [4.78, 5) is 14.0. The van der Waals surface area contributed by atoms with Crippen molar-refractivity contribution in [1.82, 2.24) is 0 Å². The summed E-state index contributed by atoms with van der Waals surface area (Å²) >= 11 is 0. The standard InChI is InChI=1S/C19H22N2O4S/c1-14-6-9-16(10-7-14)26(23,24)20-15-8-11-17(18(13-15)25-2)21-12-4-3-5-19(21)22/h6-11,13,20H,3-5,12H2,1-2H3. The number of hydrogen-bond acceptors (Lipinski definition) is 4. The van der Waals surface area contributed by atoms with E-state index >= 15 is 0 Å². The van der Waals surface area contributed by atoms with Gasteiger partial charge in [-0.2, -0.15) is 0 Å². The van der Waals surface area contributed by atoms with E-state index in [1.54, 1.807) is 47.4 Å². The van der Waals surface area contributed by atoms with Gasteiger partial charge in [0.2, 0.25) is 5.91 Å². The molecule has 2 aromatic rings. The van der Waals surface area contributed by atoms with Crippen LogP contribution in [0.3, 0.4) is 0 Å². The lowest BCUT2D eigenvalue weighted by Crippen LogP contribution is -2.35. The van der Waals surface area contributed by atoms with E-state index in [0.29, 0.717) is 30.1 Å². The molecule has 0 spiro atoms. The molecule has 0 aromatic heterocycles. The molecule has 0 aliphatic carbocycles. The predicted molar refractivity (Wildman–Crippen MR) is 101 cm³/mol. The SMILES string of the molecule is COc1cc(NS(=O)(=O)c2ccc(C)cc2)ccc1N1CCCCC1=O. The van der Waals surface area contributed by atoms with Gasteiger partial charge in [-0.25, -0.2) is 8.42 Å². The molecule has 26 heavy (non-hydrogen) atoms. The average molecular weight is 374 g/mol. The fourth-order valence-corrected chi connectivity index (χ4v) is 4.01. The summed E-state index contributed by atoms with van der Waals surface area (Å²) in [5, 5.41) is 0. The van der Waals surface area contributed by atoms with E-state index in [4.69, 9.17) is 4.74 Å². The minimum Gasteiger partial charge on any atom is -0.494 e. The van der Waals surface area contributed by atoms with E-state index in [2.05, 4.69) is 4.72 Å². The summed E-state index contributed by atoms with van der Waals surface area (Å²) in [7, 11) is -2.18. The Morgan fingerprint density at radius 1 is 1.08 bits per heavy atom. The summed E-state index contributed by atoms with van der Waals surface area (Å²) in [5.74, 6) is 0.520. The molecule has 1 aliphatic heterocycles. The van der Waals surface area contributed by atoms with Crippen molar-refractivity contribution in [3.05, 3.63) is 48.0 Å². The lowest BCUT2D eigenvalue weighted by atomic mass is 10.1. The van der Waals surface area contributed by atoms with Crippen molar-refractivity contribution < 1.29 is 17.9 Å². The van der Waals surface area contributed by atoms with Crippen LogP contribution < -0.4 is 14.4 Å². The molecule has 3 rings (SSSR count). The maximum absolute atomic E-state index is 12.5. The molecule has 2 aromatic carbocycles. The number of nitrogens with zero attached hydrogens (tertiary/aromatic N) is 1. The van der Waals surface area contributed by atoms with E-state index in [1.807, 2.05) is 6.92 Å². The Bertz CT molecular complexity index is 908. The van der Waals surface area contributed by atoms with E-state index in [9.17, 15) is 13.2 Å². The third kappa shape index (κ3) is 3.83. The van der Waals surface area contributed by atoms with E-state index < -0.39 is 10.0 Å². The number of rotatable bonds is 5. The van der Waals surface area contributed by atoms with Gasteiger partial charge in [0, 0.05) is 19.0 Å². The lowest BCUT2D eigenvalue weighted by Gasteiger charge is -2.28. The van der Waals surface area contributed by atoms with Gasteiger partial charge in [-0.1, -0.05) is 17.7 Å². The Balaban J connectivity index is 1.87. The van der Waals surface area contributed by atoms with Gasteiger partial charge in [-0.3, -0.25) is 9.52 Å². The molecule has 0 radical (unpaired) electrons. The van der Waals surface area contributed by atoms with Crippen molar-refractivity contribution in [2.45, 2.75) is 31.1 Å². The van der Waals surface area contributed by atoms with E-state index in [1.165, 1.54) is 7.11 Å². The second-order valence-corrected chi connectivity index (χ2v) is 7.99. The van der Waals surface area contributed by atoms with E-state index in [0.717, 1.165) is 18.4 Å². The number of ether oxygens (including phenoxy) is 1. The fraction of sp³-hybridized carbons (Fsp3) is 0.316. The van der Waals surface area contributed by atoms with Gasteiger partial charge in [0.15, 0.2) is 0 Å². The van der Waals surface area contributed by atoms with Crippen molar-refractivity contribution in [1.29, 1.82) is 0 Å². The smallest absolute Gasteiger partial charge is 0.261 e. The van der Waals surface area contributed by atoms with Crippen LogP contribution >= 0.6 is 0 Å². The number of aryl methyl sites for hydroxylation is 1. The Morgan fingerprint density at radius 2 is 1.81 bits per heavy atom. The van der Waals surface area contributed by atoms with Crippen LogP contribution in [0.5, 0.6) is 5.75 Å². The molecule has 0 saturated carbocycles. The second kappa shape index (κ2) is 7.37. The zero-order chi connectivity index (χ0) is 18.7. The molecule has 1 saturated heterocycles. The van der Waals surface area contributed by atoms with Crippen LogP contribution in [0.1, 0.15) is 24.8 Å². The molecule has 0 atom stereocenters. The maximum Gasteiger partial charge on any atom is 0.261 e. The predicted octanol–water partition coefficient (Wildman–Crippen LogP) is 3.32. The summed E-state index contributed by atoms with van der Waals surface area (Å²) in [6.07, 6.45) is 2.35. The molecule has 0 bridgehead atoms. The molecule has 1 heterocycles. The molecular formula is C19H22N2O4S. The molecule has 138 valence electrons. The normalized spacial score (nSPS) is 15.0. The Hall–Kier alpha value is -2.54. The molecule has 1 aliphatic rings. The van der Waals surface area contributed by atoms with Gasteiger partial charge >= 0.3 is 0 Å². The number of carbonyl (C=O) groups is 1. The fourth-order valence-electron chi connectivity index (χ4n) is 2.96. The minimum atomic E-state index is -3.69. The van der Waals surface area contributed by atoms with Crippen LogP contribution in [-0.2, 0) is 14.8 Å². The number of anilines is 2. The second-order valence-electron chi connectivity index (χ2n) is 6.31. The summed E-state index contributed by atoms with van der Waals surface area (Å²) in [5.41, 5.74) is 2.03. The number of nitrogens with one attached hydrogen (secondary N) is 1. The van der Waals surface area contributed by atoms with Gasteiger partial charge in [0.25, 0.3) is 10.0 Å². The zero-order valence-corrected chi connectivity index (χ0v) is 15.7. The van der Waals surface area contributed by atoms with Crippen LogP contribution in [0.4, 0.5) is 11.4 Å². The van der Waals surface area contributed by atoms with Gasteiger partial charge in [-0.05, 0) is 44.0 Å². The molecule has 1 fully saturated rings. The van der Waals surface area contributed by atoms with Crippen LogP contribution in [0.2, 0.25) is 0 Å². The number of piperidine rings is 1. The maximum atomic E-state index is 12.5. The topological polar surface area (TPSA) is 75.7 Å². The first kappa shape index (κ1) is 18.3. The van der Waals surface area contributed by atoms with Crippen molar-refractivity contribution >= 4 is 27.3 Å². The summed E-state index contributed by atoms with van der Waals surface area (Å²) in [6.45, 7) is 2.54. The first-order chi connectivity index (χ1) is 12.4. The molecule has 0 unspecified atom stereocenters. The number of amides is 1. The first-order valence-corrected chi connectivity index (χ1v) is 9.97. The molecular weight excluding hydrogens is 352 g/mol. The number of benzene rings is 2. The number of carbonyl (C=O) groups excluding carboxylic acids is 1. The van der Waals surface area contributed by atoms with Crippen molar-refractivity contribution in [3.8, 4) is 5.75 Å². The highest BCUT2D eigenvalue weighted by atomic mass is 32.2. The quantitative estimate of drug-likeness (QED) is 0.871. The Morgan fingerprint density at radius 3 is 2.46 bits per heavy atom. The molecule has 6 nitrogen and oxygen atoms in total. The largest absolute Gasteiger partial charge is 0.494 e. The van der Waals surface area contributed by atoms with Crippen LogP contribution in [0, 0.1) is 6.92 Å². The average Bonchev–Trinajstić information content (AvgIpc) is 2.62. The summed E-state index contributed by atoms with van der Waals surface area (Å²) in [6, 6.07) is 11.6. The highest BCUT2D eigenvalue weighted by Crippen LogP contribution is 2.34. The zero-order valence-electron chi connectivity index (χ0n) is 14.9. The van der Waals surface area contributed by atoms with Crippen molar-refractivity contribution in [3.63, 3.8) is 0 Å². The molecule has 1 amide bonds. The Labute approximate surface area is 153 Å². The summed E-state index contributed by atoms with van der Waals surface area (Å²) < 4.78 is 33.0. The van der Waals surface area contributed by atoms with Crippen LogP contribution in [-0.4, -0.2) is 28.0 Å². The molecule has 7 heteroatoms. The van der Waals surface area contributed by atoms with Gasteiger partial charge < -0.3 is 9.64 Å². The molecule has 1 N–H and O–H groups in total. The lowest BCUT2D eigenvalue weighted by molar-refractivity contribution is -0.119. The van der Waals surface area contributed by atoms with Gasteiger partial charge in [0.05, 0.1) is 23.4 Å². The van der Waals surface area contributed by atoms with Crippen LogP contribution in [0.25, 0.3) is 0 Å².